The number of methoxy groups -OCH3 is 1. The van der Waals surface area contributed by atoms with Gasteiger partial charge in [0.05, 0.1) is 7.11 Å². The maximum atomic E-state index is 10.3. The van der Waals surface area contributed by atoms with Gasteiger partial charge in [-0.1, -0.05) is 30.3 Å². The molecule has 1 fully saturated rings. The third kappa shape index (κ3) is 6.24. The van der Waals surface area contributed by atoms with Gasteiger partial charge in [0.15, 0.2) is 0 Å². The number of para-hydroxylation sites is 1. The molecule has 0 amide bonds. The number of hydrogen-bond acceptors (Lipinski definition) is 5. The summed E-state index contributed by atoms with van der Waals surface area (Å²) in [5, 5.41) is 13.6. The molecule has 1 atom stereocenters. The summed E-state index contributed by atoms with van der Waals surface area (Å²) < 4.78 is 11.2. The van der Waals surface area contributed by atoms with Gasteiger partial charge in [-0.25, -0.2) is 0 Å². The average molecular weight is 370 g/mol. The predicted octanol–water partition coefficient (Wildman–Crippen LogP) is 2.13. The first kappa shape index (κ1) is 19.7. The van der Waals surface area contributed by atoms with Crippen LogP contribution in [0.3, 0.4) is 0 Å². The van der Waals surface area contributed by atoms with Gasteiger partial charge in [-0.05, 0) is 42.2 Å². The van der Waals surface area contributed by atoms with Crippen molar-refractivity contribution in [3.63, 3.8) is 0 Å². The zero-order valence-electron chi connectivity index (χ0n) is 16.1. The summed E-state index contributed by atoms with van der Waals surface area (Å²) in [7, 11) is 1.68. The number of piperazine rings is 1. The molecule has 3 rings (SSSR count). The minimum Gasteiger partial charge on any atom is -0.497 e. The zero-order chi connectivity index (χ0) is 18.9. The number of rotatable bonds is 9. The number of aliphatic hydroxyl groups excluding tert-OH is 1. The van der Waals surface area contributed by atoms with Crippen LogP contribution in [0.25, 0.3) is 0 Å². The van der Waals surface area contributed by atoms with E-state index in [4.69, 9.17) is 9.47 Å². The van der Waals surface area contributed by atoms with Crippen LogP contribution < -0.4 is 14.8 Å². The molecule has 0 spiro atoms. The summed E-state index contributed by atoms with van der Waals surface area (Å²) in [6, 6.07) is 16.3. The molecular formula is C22H30N2O3. The lowest BCUT2D eigenvalue weighted by molar-refractivity contribution is 0.0638. The molecule has 146 valence electrons. The third-order valence-corrected chi connectivity index (χ3v) is 4.92. The summed E-state index contributed by atoms with van der Waals surface area (Å²) in [6.45, 7) is 4.92. The Balaban J connectivity index is 1.50. The highest BCUT2D eigenvalue weighted by Gasteiger charge is 2.15. The Morgan fingerprint density at radius 1 is 1.04 bits per heavy atom. The van der Waals surface area contributed by atoms with E-state index in [9.17, 15) is 5.11 Å². The molecule has 0 saturated carbocycles. The Bertz CT molecular complexity index is 684. The minimum atomic E-state index is -0.474. The van der Waals surface area contributed by atoms with Gasteiger partial charge >= 0.3 is 0 Å². The van der Waals surface area contributed by atoms with Gasteiger partial charge in [-0.2, -0.15) is 0 Å². The van der Waals surface area contributed by atoms with Crippen molar-refractivity contribution < 1.29 is 14.6 Å². The van der Waals surface area contributed by atoms with Crippen LogP contribution in [0.1, 0.15) is 11.1 Å². The summed E-state index contributed by atoms with van der Waals surface area (Å²) in [5.74, 6) is 1.74. The largest absolute Gasteiger partial charge is 0.497 e. The van der Waals surface area contributed by atoms with Gasteiger partial charge in [-0.3, -0.25) is 4.90 Å². The fourth-order valence-corrected chi connectivity index (χ4v) is 3.35. The van der Waals surface area contributed by atoms with Crippen LogP contribution in [0.4, 0.5) is 0 Å². The van der Waals surface area contributed by atoms with Crippen molar-refractivity contribution in [2.45, 2.75) is 18.9 Å². The monoisotopic (exact) mass is 370 g/mol. The second-order valence-corrected chi connectivity index (χ2v) is 6.97. The number of aryl methyl sites for hydroxylation is 2. The molecule has 2 aromatic rings. The van der Waals surface area contributed by atoms with Crippen LogP contribution in [-0.4, -0.2) is 62.6 Å². The highest BCUT2D eigenvalue weighted by molar-refractivity contribution is 5.35. The molecule has 0 radical (unpaired) electrons. The number of hydrogen-bond donors (Lipinski definition) is 2. The Labute approximate surface area is 161 Å². The van der Waals surface area contributed by atoms with Crippen molar-refractivity contribution in [1.82, 2.24) is 10.2 Å². The third-order valence-electron chi connectivity index (χ3n) is 4.92. The Morgan fingerprint density at radius 2 is 1.78 bits per heavy atom. The summed E-state index contributed by atoms with van der Waals surface area (Å²) in [4.78, 5) is 2.28. The highest BCUT2D eigenvalue weighted by atomic mass is 16.5. The predicted molar refractivity (Wildman–Crippen MR) is 108 cm³/mol. The molecule has 1 aliphatic rings. The second kappa shape index (κ2) is 10.3. The summed E-state index contributed by atoms with van der Waals surface area (Å²) >= 11 is 0. The van der Waals surface area contributed by atoms with Crippen LogP contribution in [0.2, 0.25) is 0 Å². The Hall–Kier alpha value is -2.08. The second-order valence-electron chi connectivity index (χ2n) is 6.97. The van der Waals surface area contributed by atoms with E-state index in [1.807, 2.05) is 30.3 Å². The van der Waals surface area contributed by atoms with Crippen LogP contribution in [-0.2, 0) is 12.8 Å². The van der Waals surface area contributed by atoms with Gasteiger partial charge < -0.3 is 19.9 Å². The fraction of sp³-hybridized carbons (Fsp3) is 0.455. The van der Waals surface area contributed by atoms with Gasteiger partial charge in [0.25, 0.3) is 0 Å². The standard InChI is InChI=1S/C22H30N2O3/c1-26-21-10-7-18(8-11-21)6-9-19-4-2-3-5-22(19)27-17-20(25)16-24-14-12-23-13-15-24/h2-5,7-8,10-11,20,23,25H,6,9,12-17H2,1H3/t20-/m0/s1. The average Bonchev–Trinajstić information content (AvgIpc) is 2.72. The molecule has 1 heterocycles. The first-order valence-electron chi connectivity index (χ1n) is 9.69. The molecule has 0 aliphatic carbocycles. The van der Waals surface area contributed by atoms with Gasteiger partial charge in [0, 0.05) is 32.7 Å². The molecule has 27 heavy (non-hydrogen) atoms. The summed E-state index contributed by atoms with van der Waals surface area (Å²) in [5.41, 5.74) is 2.44. The zero-order valence-corrected chi connectivity index (χ0v) is 16.1. The molecule has 0 aromatic heterocycles. The minimum absolute atomic E-state index is 0.323. The highest BCUT2D eigenvalue weighted by Crippen LogP contribution is 2.21. The fourth-order valence-electron chi connectivity index (χ4n) is 3.35. The molecule has 2 aromatic carbocycles. The number of aliphatic hydroxyl groups is 1. The molecule has 0 unspecified atom stereocenters. The maximum Gasteiger partial charge on any atom is 0.122 e. The number of β-amino-alcohol motifs (C(OH)–C–C–N with tert-alkyl or cyclic N) is 1. The topological polar surface area (TPSA) is 54.0 Å². The first-order chi connectivity index (χ1) is 13.2. The van der Waals surface area contributed by atoms with Crippen molar-refractivity contribution in [3.05, 3.63) is 59.7 Å². The number of ether oxygens (including phenoxy) is 2. The van der Waals surface area contributed by atoms with E-state index in [0.717, 1.165) is 50.5 Å². The summed E-state index contributed by atoms with van der Waals surface area (Å²) in [6.07, 6.45) is 1.36. The molecule has 1 aliphatic heterocycles. The van der Waals surface area contributed by atoms with Gasteiger partial charge in [0.2, 0.25) is 0 Å². The van der Waals surface area contributed by atoms with E-state index in [0.29, 0.717) is 13.2 Å². The first-order valence-corrected chi connectivity index (χ1v) is 9.69. The molecular weight excluding hydrogens is 340 g/mol. The van der Waals surface area contributed by atoms with Gasteiger partial charge in [0.1, 0.15) is 24.2 Å². The van der Waals surface area contributed by atoms with Crippen molar-refractivity contribution >= 4 is 0 Å². The smallest absolute Gasteiger partial charge is 0.122 e. The Kier molecular flexibility index (Phi) is 7.51. The van der Waals surface area contributed by atoms with E-state index >= 15 is 0 Å². The van der Waals surface area contributed by atoms with E-state index in [1.165, 1.54) is 11.1 Å². The van der Waals surface area contributed by atoms with Crippen LogP contribution in [0.15, 0.2) is 48.5 Å². The molecule has 1 saturated heterocycles. The van der Waals surface area contributed by atoms with Crippen molar-refractivity contribution in [1.29, 1.82) is 0 Å². The van der Waals surface area contributed by atoms with Crippen molar-refractivity contribution in [3.8, 4) is 11.5 Å². The number of nitrogens with zero attached hydrogens (tertiary/aromatic N) is 1. The van der Waals surface area contributed by atoms with Crippen LogP contribution in [0, 0.1) is 0 Å². The Morgan fingerprint density at radius 3 is 2.52 bits per heavy atom. The number of benzene rings is 2. The molecule has 5 nitrogen and oxygen atoms in total. The van der Waals surface area contributed by atoms with Crippen LogP contribution >= 0.6 is 0 Å². The van der Waals surface area contributed by atoms with Crippen molar-refractivity contribution in [2.75, 3.05) is 46.4 Å². The SMILES string of the molecule is COc1ccc(CCc2ccccc2OC[C@@H](O)CN2CCNCC2)cc1. The lowest BCUT2D eigenvalue weighted by Gasteiger charge is -2.29. The quantitative estimate of drug-likeness (QED) is 0.708. The van der Waals surface area contributed by atoms with E-state index in [2.05, 4.69) is 28.4 Å². The van der Waals surface area contributed by atoms with Gasteiger partial charge in [-0.15, -0.1) is 0 Å². The lowest BCUT2D eigenvalue weighted by atomic mass is 10.0. The normalized spacial score (nSPS) is 16.1. The van der Waals surface area contributed by atoms with Crippen LogP contribution in [0.5, 0.6) is 11.5 Å². The maximum absolute atomic E-state index is 10.3. The van der Waals surface area contributed by atoms with E-state index < -0.39 is 6.10 Å². The number of nitrogens with one attached hydrogen (secondary N) is 1. The van der Waals surface area contributed by atoms with E-state index in [-0.39, 0.29) is 0 Å². The molecule has 5 heteroatoms. The molecule has 0 bridgehead atoms. The lowest BCUT2D eigenvalue weighted by Crippen LogP contribution is -2.47. The molecule has 2 N–H and O–H groups in total. The van der Waals surface area contributed by atoms with Crippen molar-refractivity contribution in [2.24, 2.45) is 0 Å². The van der Waals surface area contributed by atoms with E-state index in [1.54, 1.807) is 7.11 Å².